The molecule has 3 N–H and O–H groups in total. The van der Waals surface area contributed by atoms with Crippen molar-refractivity contribution in [2.45, 2.75) is 6.04 Å². The van der Waals surface area contributed by atoms with Gasteiger partial charge in [-0.1, -0.05) is 0 Å². The Balaban J connectivity index is 2.09. The largest absolute Gasteiger partial charge is 0.497 e. The van der Waals surface area contributed by atoms with Crippen LogP contribution in [-0.2, 0) is 4.79 Å². The van der Waals surface area contributed by atoms with Crippen LogP contribution in [-0.4, -0.2) is 24.9 Å². The molecular weight excluding hydrogens is 222 g/mol. The Kier molecular flexibility index (Phi) is 2.99. The SMILES string of the molecule is COc1ccc(N=NC2C(=O)NN=C2N)cc1. The molecule has 7 nitrogen and oxygen atoms in total. The Morgan fingerprint density at radius 2 is 2.12 bits per heavy atom. The summed E-state index contributed by atoms with van der Waals surface area (Å²) in [6.07, 6.45) is 0. The summed E-state index contributed by atoms with van der Waals surface area (Å²) < 4.78 is 5.01. The first-order valence-corrected chi connectivity index (χ1v) is 4.88. The number of nitrogens with one attached hydrogen (secondary N) is 1. The monoisotopic (exact) mass is 233 g/mol. The number of hydrazone groups is 1. The lowest BCUT2D eigenvalue weighted by Gasteiger charge is -2.00. The number of amides is 1. The summed E-state index contributed by atoms with van der Waals surface area (Å²) in [7, 11) is 1.58. The zero-order valence-electron chi connectivity index (χ0n) is 9.12. The lowest BCUT2D eigenvalue weighted by Crippen LogP contribution is -2.31. The molecule has 0 aromatic heterocycles. The maximum Gasteiger partial charge on any atom is 0.274 e. The van der Waals surface area contributed by atoms with Gasteiger partial charge in [-0.15, -0.1) is 0 Å². The number of benzene rings is 1. The Morgan fingerprint density at radius 1 is 1.41 bits per heavy atom. The van der Waals surface area contributed by atoms with Gasteiger partial charge in [0.25, 0.3) is 5.91 Å². The van der Waals surface area contributed by atoms with Gasteiger partial charge in [-0.25, -0.2) is 5.43 Å². The van der Waals surface area contributed by atoms with Crippen molar-refractivity contribution in [3.63, 3.8) is 0 Å². The molecule has 0 radical (unpaired) electrons. The molecule has 2 rings (SSSR count). The summed E-state index contributed by atoms with van der Waals surface area (Å²) in [5.41, 5.74) is 8.31. The van der Waals surface area contributed by atoms with Crippen LogP contribution < -0.4 is 15.9 Å². The number of amidine groups is 1. The van der Waals surface area contributed by atoms with E-state index in [1.165, 1.54) is 0 Å². The van der Waals surface area contributed by atoms with Crippen molar-refractivity contribution in [2.75, 3.05) is 7.11 Å². The van der Waals surface area contributed by atoms with E-state index in [0.29, 0.717) is 5.69 Å². The molecule has 1 amide bonds. The van der Waals surface area contributed by atoms with Crippen LogP contribution in [0.3, 0.4) is 0 Å². The van der Waals surface area contributed by atoms with Gasteiger partial charge in [0.2, 0.25) is 6.04 Å². The van der Waals surface area contributed by atoms with E-state index in [-0.39, 0.29) is 11.7 Å². The molecule has 0 aliphatic carbocycles. The maximum absolute atomic E-state index is 11.2. The van der Waals surface area contributed by atoms with E-state index in [0.717, 1.165) is 5.75 Å². The van der Waals surface area contributed by atoms with E-state index in [9.17, 15) is 4.79 Å². The van der Waals surface area contributed by atoms with Gasteiger partial charge < -0.3 is 10.5 Å². The number of methoxy groups -OCH3 is 1. The van der Waals surface area contributed by atoms with Crippen LogP contribution in [0.5, 0.6) is 5.75 Å². The number of nitrogens with zero attached hydrogens (tertiary/aromatic N) is 3. The van der Waals surface area contributed by atoms with Crippen LogP contribution in [0.15, 0.2) is 39.6 Å². The summed E-state index contributed by atoms with van der Waals surface area (Å²) in [6, 6.07) is 6.11. The van der Waals surface area contributed by atoms with E-state index < -0.39 is 6.04 Å². The summed E-state index contributed by atoms with van der Waals surface area (Å²) in [5.74, 6) is 0.468. The van der Waals surface area contributed by atoms with Crippen LogP contribution in [0, 0.1) is 0 Å². The van der Waals surface area contributed by atoms with E-state index in [1.807, 2.05) is 0 Å². The molecule has 1 aliphatic heterocycles. The molecule has 0 saturated carbocycles. The summed E-state index contributed by atoms with van der Waals surface area (Å²) >= 11 is 0. The number of ether oxygens (including phenoxy) is 1. The Labute approximate surface area is 97.4 Å². The standard InChI is InChI=1S/C10H11N5O2/c1-17-7-4-2-6(3-5-7)12-13-8-9(11)14-15-10(8)16/h2-5,8H,1H3,(H2,11,14)(H,15,16). The van der Waals surface area contributed by atoms with Gasteiger partial charge in [0.15, 0.2) is 5.84 Å². The molecule has 0 fully saturated rings. The van der Waals surface area contributed by atoms with Crippen molar-refractivity contribution < 1.29 is 9.53 Å². The van der Waals surface area contributed by atoms with Gasteiger partial charge in [-0.05, 0) is 24.3 Å². The Morgan fingerprint density at radius 3 is 2.65 bits per heavy atom. The Bertz CT molecular complexity index is 480. The second-order valence-electron chi connectivity index (χ2n) is 3.33. The molecular formula is C10H11N5O2. The van der Waals surface area contributed by atoms with Gasteiger partial charge in [-0.2, -0.15) is 15.3 Å². The second kappa shape index (κ2) is 4.60. The fourth-order valence-electron chi connectivity index (χ4n) is 1.26. The molecule has 0 saturated heterocycles. The summed E-state index contributed by atoms with van der Waals surface area (Å²) in [6.45, 7) is 0. The van der Waals surface area contributed by atoms with Crippen LogP contribution >= 0.6 is 0 Å². The fourth-order valence-corrected chi connectivity index (χ4v) is 1.26. The minimum atomic E-state index is -0.836. The number of carbonyl (C=O) groups is 1. The molecule has 1 aromatic carbocycles. The third-order valence-corrected chi connectivity index (χ3v) is 2.18. The van der Waals surface area contributed by atoms with E-state index in [2.05, 4.69) is 20.8 Å². The second-order valence-corrected chi connectivity index (χ2v) is 3.33. The van der Waals surface area contributed by atoms with Crippen molar-refractivity contribution in [3.05, 3.63) is 24.3 Å². The van der Waals surface area contributed by atoms with Crippen LogP contribution in [0.25, 0.3) is 0 Å². The fraction of sp³-hybridized carbons (Fsp3) is 0.200. The van der Waals surface area contributed by atoms with Crippen LogP contribution in [0.1, 0.15) is 0 Å². The molecule has 1 aromatic rings. The van der Waals surface area contributed by atoms with Gasteiger partial charge in [0, 0.05) is 0 Å². The molecule has 1 heterocycles. The number of hydrogen-bond donors (Lipinski definition) is 2. The first-order chi connectivity index (χ1) is 8.20. The Hall–Kier alpha value is -2.44. The van der Waals surface area contributed by atoms with Crippen LogP contribution in [0.4, 0.5) is 5.69 Å². The van der Waals surface area contributed by atoms with Crippen molar-refractivity contribution in [1.29, 1.82) is 0 Å². The van der Waals surface area contributed by atoms with E-state index >= 15 is 0 Å². The molecule has 17 heavy (non-hydrogen) atoms. The quantitative estimate of drug-likeness (QED) is 0.745. The van der Waals surface area contributed by atoms with Gasteiger partial charge in [0.05, 0.1) is 12.8 Å². The lowest BCUT2D eigenvalue weighted by atomic mass is 10.3. The average Bonchev–Trinajstić information content (AvgIpc) is 2.67. The molecule has 1 atom stereocenters. The van der Waals surface area contributed by atoms with Crippen molar-refractivity contribution in [1.82, 2.24) is 5.43 Å². The minimum absolute atomic E-state index is 0.118. The van der Waals surface area contributed by atoms with Gasteiger partial charge in [0.1, 0.15) is 5.75 Å². The zero-order valence-corrected chi connectivity index (χ0v) is 9.12. The minimum Gasteiger partial charge on any atom is -0.497 e. The van der Waals surface area contributed by atoms with Crippen molar-refractivity contribution in [3.8, 4) is 5.75 Å². The third kappa shape index (κ3) is 2.39. The predicted octanol–water partition coefficient (Wildman–Crippen LogP) is 0.549. The highest BCUT2D eigenvalue weighted by molar-refractivity contribution is 6.10. The topological polar surface area (TPSA) is 101 Å². The molecule has 0 spiro atoms. The summed E-state index contributed by atoms with van der Waals surface area (Å²) in [4.78, 5) is 11.2. The number of rotatable bonds is 3. The number of hydrogen-bond acceptors (Lipinski definition) is 6. The number of azo groups is 1. The molecule has 1 aliphatic rings. The predicted molar refractivity (Wildman–Crippen MR) is 61.1 cm³/mol. The highest BCUT2D eigenvalue weighted by atomic mass is 16.5. The first kappa shape index (κ1) is 11.1. The lowest BCUT2D eigenvalue weighted by molar-refractivity contribution is -0.120. The third-order valence-electron chi connectivity index (χ3n) is 2.18. The molecule has 1 unspecified atom stereocenters. The highest BCUT2D eigenvalue weighted by Crippen LogP contribution is 2.18. The average molecular weight is 233 g/mol. The zero-order chi connectivity index (χ0) is 12.3. The summed E-state index contributed by atoms with van der Waals surface area (Å²) in [5, 5.41) is 11.3. The van der Waals surface area contributed by atoms with Crippen LogP contribution in [0.2, 0.25) is 0 Å². The van der Waals surface area contributed by atoms with Gasteiger partial charge in [-0.3, -0.25) is 4.79 Å². The maximum atomic E-state index is 11.2. The number of nitrogens with two attached hydrogens (primary N) is 1. The molecule has 0 bridgehead atoms. The van der Waals surface area contributed by atoms with Crippen molar-refractivity contribution >= 4 is 17.4 Å². The van der Waals surface area contributed by atoms with Crippen molar-refractivity contribution in [2.24, 2.45) is 21.1 Å². The first-order valence-electron chi connectivity index (χ1n) is 4.88. The smallest absolute Gasteiger partial charge is 0.274 e. The normalized spacial score (nSPS) is 19.2. The molecule has 88 valence electrons. The van der Waals surface area contributed by atoms with Gasteiger partial charge >= 0.3 is 0 Å². The number of carbonyl (C=O) groups excluding carboxylic acids is 1. The van der Waals surface area contributed by atoms with E-state index in [4.69, 9.17) is 10.5 Å². The van der Waals surface area contributed by atoms with E-state index in [1.54, 1.807) is 31.4 Å². The molecule has 7 heteroatoms. The highest BCUT2D eigenvalue weighted by Gasteiger charge is 2.27.